The fourth-order valence-electron chi connectivity index (χ4n) is 2.59. The van der Waals surface area contributed by atoms with Gasteiger partial charge in [0.2, 0.25) is 5.95 Å². The van der Waals surface area contributed by atoms with Gasteiger partial charge in [0.1, 0.15) is 5.01 Å². The van der Waals surface area contributed by atoms with Crippen molar-refractivity contribution in [2.75, 3.05) is 45.3 Å². The molecule has 1 atom stereocenters. The number of anilines is 1. The Bertz CT molecular complexity index is 605. The number of hydrogen-bond donors (Lipinski definition) is 0. The van der Waals surface area contributed by atoms with Crippen molar-refractivity contribution in [3.63, 3.8) is 0 Å². The molecule has 0 N–H and O–H groups in total. The molecule has 1 aliphatic rings. The zero-order valence-corrected chi connectivity index (χ0v) is 14.1. The lowest BCUT2D eigenvalue weighted by molar-refractivity contribution is 0.0198. The minimum Gasteiger partial charge on any atom is -0.379 e. The Hall–Kier alpha value is -1.50. The standard InChI is InChI=1S/C16H22N4OS/c1-12(20-8-10-21-11-9-20)13-4-6-14(7-5-13)15-17-16(18-22-15)19(2)3/h4-7,12H,8-11H2,1-3H3/t12-/m0/s1. The average molecular weight is 318 g/mol. The summed E-state index contributed by atoms with van der Waals surface area (Å²) in [4.78, 5) is 8.94. The highest BCUT2D eigenvalue weighted by atomic mass is 32.1. The van der Waals surface area contributed by atoms with Crippen LogP contribution in [0.3, 0.4) is 0 Å². The van der Waals surface area contributed by atoms with Gasteiger partial charge in [0.15, 0.2) is 0 Å². The van der Waals surface area contributed by atoms with E-state index in [1.165, 1.54) is 17.1 Å². The predicted molar refractivity (Wildman–Crippen MR) is 90.5 cm³/mol. The Morgan fingerprint density at radius 1 is 1.18 bits per heavy atom. The Balaban J connectivity index is 1.74. The second-order valence-electron chi connectivity index (χ2n) is 5.74. The smallest absolute Gasteiger partial charge is 0.237 e. The molecular formula is C16H22N4OS. The Kier molecular flexibility index (Phi) is 4.71. The lowest BCUT2D eigenvalue weighted by atomic mass is 10.0. The monoisotopic (exact) mass is 318 g/mol. The Morgan fingerprint density at radius 2 is 1.86 bits per heavy atom. The normalized spacial score (nSPS) is 17.4. The van der Waals surface area contributed by atoms with Gasteiger partial charge >= 0.3 is 0 Å². The quantitative estimate of drug-likeness (QED) is 0.867. The van der Waals surface area contributed by atoms with E-state index in [9.17, 15) is 0 Å². The fraction of sp³-hybridized carbons (Fsp3) is 0.500. The van der Waals surface area contributed by atoms with Crippen LogP contribution in [-0.4, -0.2) is 54.7 Å². The maximum Gasteiger partial charge on any atom is 0.237 e. The number of aromatic nitrogens is 2. The van der Waals surface area contributed by atoms with Gasteiger partial charge in [-0.05, 0) is 24.0 Å². The second kappa shape index (κ2) is 6.73. The molecule has 2 aromatic rings. The van der Waals surface area contributed by atoms with Crippen LogP contribution in [0.5, 0.6) is 0 Å². The summed E-state index contributed by atoms with van der Waals surface area (Å²) in [6.45, 7) is 5.94. The summed E-state index contributed by atoms with van der Waals surface area (Å²) in [7, 11) is 3.91. The molecule has 22 heavy (non-hydrogen) atoms. The van der Waals surface area contributed by atoms with Crippen molar-refractivity contribution in [2.24, 2.45) is 0 Å². The third-order valence-electron chi connectivity index (χ3n) is 4.05. The van der Waals surface area contributed by atoms with E-state index in [4.69, 9.17) is 4.74 Å². The van der Waals surface area contributed by atoms with E-state index < -0.39 is 0 Å². The third-order valence-corrected chi connectivity index (χ3v) is 4.80. The first-order valence-corrected chi connectivity index (χ1v) is 8.35. The molecule has 1 aromatic carbocycles. The van der Waals surface area contributed by atoms with Crippen molar-refractivity contribution in [3.8, 4) is 10.6 Å². The summed E-state index contributed by atoms with van der Waals surface area (Å²) >= 11 is 1.44. The molecule has 0 bridgehead atoms. The van der Waals surface area contributed by atoms with Gasteiger partial charge in [-0.2, -0.15) is 9.36 Å². The summed E-state index contributed by atoms with van der Waals surface area (Å²) in [6.07, 6.45) is 0. The number of nitrogens with zero attached hydrogens (tertiary/aromatic N) is 4. The molecule has 118 valence electrons. The average Bonchev–Trinajstić information content (AvgIpc) is 3.05. The van der Waals surface area contributed by atoms with Crippen LogP contribution in [-0.2, 0) is 4.74 Å². The molecule has 0 amide bonds. The maximum absolute atomic E-state index is 5.42. The van der Waals surface area contributed by atoms with E-state index in [2.05, 4.69) is 45.4 Å². The lowest BCUT2D eigenvalue weighted by Crippen LogP contribution is -2.37. The van der Waals surface area contributed by atoms with E-state index in [1.54, 1.807) is 0 Å². The van der Waals surface area contributed by atoms with Gasteiger partial charge in [-0.3, -0.25) is 4.90 Å². The van der Waals surface area contributed by atoms with Crippen LogP contribution in [0.15, 0.2) is 24.3 Å². The highest BCUT2D eigenvalue weighted by molar-refractivity contribution is 7.09. The fourth-order valence-corrected chi connectivity index (χ4v) is 3.33. The highest BCUT2D eigenvalue weighted by Gasteiger charge is 2.18. The molecule has 1 saturated heterocycles. The number of ether oxygens (including phenoxy) is 1. The summed E-state index contributed by atoms with van der Waals surface area (Å²) in [5, 5.41) is 0.967. The molecule has 0 radical (unpaired) electrons. The van der Waals surface area contributed by atoms with Gasteiger partial charge in [-0.1, -0.05) is 24.3 Å². The van der Waals surface area contributed by atoms with E-state index in [0.29, 0.717) is 6.04 Å². The van der Waals surface area contributed by atoms with Gasteiger partial charge in [-0.25, -0.2) is 0 Å². The van der Waals surface area contributed by atoms with Gasteiger partial charge in [0.25, 0.3) is 0 Å². The van der Waals surface area contributed by atoms with Crippen LogP contribution in [0.2, 0.25) is 0 Å². The summed E-state index contributed by atoms with van der Waals surface area (Å²) in [5.41, 5.74) is 2.46. The van der Waals surface area contributed by atoms with E-state index in [-0.39, 0.29) is 0 Å². The minimum absolute atomic E-state index is 0.421. The molecule has 1 aromatic heterocycles. The lowest BCUT2D eigenvalue weighted by Gasteiger charge is -2.32. The summed E-state index contributed by atoms with van der Waals surface area (Å²) in [5.74, 6) is 0.769. The van der Waals surface area contributed by atoms with Crippen molar-refractivity contribution < 1.29 is 4.74 Å². The predicted octanol–water partition coefficient (Wildman–Crippen LogP) is 2.66. The van der Waals surface area contributed by atoms with Gasteiger partial charge < -0.3 is 9.64 Å². The zero-order chi connectivity index (χ0) is 15.5. The Morgan fingerprint density at radius 3 is 2.45 bits per heavy atom. The van der Waals surface area contributed by atoms with E-state index in [0.717, 1.165) is 42.8 Å². The van der Waals surface area contributed by atoms with Crippen LogP contribution >= 0.6 is 11.5 Å². The number of hydrogen-bond acceptors (Lipinski definition) is 6. The number of rotatable bonds is 4. The number of benzene rings is 1. The maximum atomic E-state index is 5.42. The van der Waals surface area contributed by atoms with Crippen molar-refractivity contribution in [1.29, 1.82) is 0 Å². The largest absolute Gasteiger partial charge is 0.379 e. The first-order chi connectivity index (χ1) is 10.6. The summed E-state index contributed by atoms with van der Waals surface area (Å²) < 4.78 is 9.78. The molecule has 0 unspecified atom stereocenters. The molecule has 6 heteroatoms. The minimum atomic E-state index is 0.421. The third kappa shape index (κ3) is 3.29. The van der Waals surface area contributed by atoms with Gasteiger partial charge in [0.05, 0.1) is 13.2 Å². The van der Waals surface area contributed by atoms with Crippen LogP contribution < -0.4 is 4.90 Å². The first kappa shape index (κ1) is 15.4. The molecule has 0 aliphatic carbocycles. The van der Waals surface area contributed by atoms with Crippen molar-refractivity contribution in [3.05, 3.63) is 29.8 Å². The van der Waals surface area contributed by atoms with Crippen LogP contribution in [0.1, 0.15) is 18.5 Å². The van der Waals surface area contributed by atoms with Crippen LogP contribution in [0, 0.1) is 0 Å². The van der Waals surface area contributed by atoms with E-state index in [1.807, 2.05) is 19.0 Å². The molecule has 5 nitrogen and oxygen atoms in total. The number of morpholine rings is 1. The van der Waals surface area contributed by atoms with E-state index >= 15 is 0 Å². The Labute approximate surface area is 135 Å². The molecule has 0 saturated carbocycles. The summed E-state index contributed by atoms with van der Waals surface area (Å²) in [6, 6.07) is 9.11. The molecule has 1 aliphatic heterocycles. The molecule has 1 fully saturated rings. The molecular weight excluding hydrogens is 296 g/mol. The topological polar surface area (TPSA) is 41.5 Å². The van der Waals surface area contributed by atoms with Crippen molar-refractivity contribution in [2.45, 2.75) is 13.0 Å². The zero-order valence-electron chi connectivity index (χ0n) is 13.3. The SMILES string of the molecule is C[C@@H](c1ccc(-c2nc(N(C)C)ns2)cc1)N1CCOCC1. The van der Waals surface area contributed by atoms with Gasteiger partial charge in [-0.15, -0.1) is 0 Å². The van der Waals surface area contributed by atoms with Crippen LogP contribution in [0.25, 0.3) is 10.6 Å². The van der Waals surface area contributed by atoms with Crippen molar-refractivity contribution >= 4 is 17.5 Å². The van der Waals surface area contributed by atoms with Crippen molar-refractivity contribution in [1.82, 2.24) is 14.3 Å². The highest BCUT2D eigenvalue weighted by Crippen LogP contribution is 2.27. The molecule has 0 spiro atoms. The molecule has 2 heterocycles. The molecule has 3 rings (SSSR count). The second-order valence-corrected chi connectivity index (χ2v) is 6.49. The first-order valence-electron chi connectivity index (χ1n) is 7.58. The van der Waals surface area contributed by atoms with Gasteiger partial charge in [0, 0.05) is 38.8 Å². The van der Waals surface area contributed by atoms with Crippen LogP contribution in [0.4, 0.5) is 5.95 Å².